The van der Waals surface area contributed by atoms with Gasteiger partial charge in [0.1, 0.15) is 0 Å². The first-order valence-electron chi connectivity index (χ1n) is 8.56. The van der Waals surface area contributed by atoms with Crippen LogP contribution in [0.1, 0.15) is 50.3 Å². The van der Waals surface area contributed by atoms with Gasteiger partial charge < -0.3 is 0 Å². The minimum atomic E-state index is 0.648. The Morgan fingerprint density at radius 1 is 1.35 bits per heavy atom. The largest absolute Gasteiger partial charge is 0.0988 e. The summed E-state index contributed by atoms with van der Waals surface area (Å²) in [6.07, 6.45) is 15.5. The molecule has 0 heterocycles. The molecule has 0 aliphatic heterocycles. The van der Waals surface area contributed by atoms with Crippen molar-refractivity contribution in [2.45, 2.75) is 40.5 Å². The molecule has 0 nitrogen and oxygen atoms in total. The summed E-state index contributed by atoms with van der Waals surface area (Å²) in [6, 6.07) is 6.78. The number of allylic oxidation sites excluding steroid dienone is 9. The summed E-state index contributed by atoms with van der Waals surface area (Å²) in [5.41, 5.74) is 7.73. The molecule has 1 aliphatic rings. The van der Waals surface area contributed by atoms with Crippen LogP contribution in [0.4, 0.5) is 0 Å². The Bertz CT molecular complexity index is 693. The number of benzene rings is 1. The summed E-state index contributed by atoms with van der Waals surface area (Å²) in [5, 5.41) is 0. The van der Waals surface area contributed by atoms with E-state index in [0.29, 0.717) is 5.92 Å². The lowest BCUT2D eigenvalue weighted by atomic mass is 9.89. The maximum atomic E-state index is 3.95. The number of hydrogen-bond acceptors (Lipinski definition) is 0. The third-order valence-corrected chi connectivity index (χ3v) is 4.43. The number of hydrogen-bond donors (Lipinski definition) is 0. The van der Waals surface area contributed by atoms with Gasteiger partial charge in [0.15, 0.2) is 0 Å². The predicted octanol–water partition coefficient (Wildman–Crippen LogP) is 6.90. The molecule has 0 radical (unpaired) electrons. The van der Waals surface area contributed by atoms with Gasteiger partial charge in [-0.1, -0.05) is 69.0 Å². The Morgan fingerprint density at radius 2 is 2.13 bits per heavy atom. The van der Waals surface area contributed by atoms with Crippen LogP contribution in [-0.2, 0) is 0 Å². The van der Waals surface area contributed by atoms with Gasteiger partial charge in [-0.05, 0) is 72.1 Å². The zero-order valence-corrected chi connectivity index (χ0v) is 14.9. The van der Waals surface area contributed by atoms with Crippen LogP contribution >= 0.6 is 0 Å². The summed E-state index contributed by atoms with van der Waals surface area (Å²) in [5.74, 6) is 0.648. The van der Waals surface area contributed by atoms with E-state index in [1.54, 1.807) is 0 Å². The summed E-state index contributed by atoms with van der Waals surface area (Å²) in [4.78, 5) is 0. The van der Waals surface area contributed by atoms with Crippen molar-refractivity contribution < 1.29 is 0 Å². The molecule has 0 N–H and O–H groups in total. The summed E-state index contributed by atoms with van der Waals surface area (Å²) >= 11 is 0. The van der Waals surface area contributed by atoms with E-state index in [-0.39, 0.29) is 0 Å². The fraction of sp³-hybridized carbons (Fsp3) is 0.304. The SMILES string of the molecule is C=C/C(C)=C(\C=C/CC)c1cc(C2=CCC(C)C=C2)ccc1C. The van der Waals surface area contributed by atoms with Crippen molar-refractivity contribution in [2.75, 3.05) is 0 Å². The van der Waals surface area contributed by atoms with Gasteiger partial charge in [0.2, 0.25) is 0 Å². The first-order valence-corrected chi connectivity index (χ1v) is 8.56. The molecular weight excluding hydrogens is 276 g/mol. The lowest BCUT2D eigenvalue weighted by Crippen LogP contribution is -1.96. The Hall–Kier alpha value is -2.08. The number of rotatable bonds is 5. The van der Waals surface area contributed by atoms with Crippen molar-refractivity contribution in [1.82, 2.24) is 0 Å². The molecule has 23 heavy (non-hydrogen) atoms. The normalized spacial score (nSPS) is 18.8. The summed E-state index contributed by atoms with van der Waals surface area (Å²) in [7, 11) is 0. The molecule has 1 unspecified atom stereocenters. The standard InChI is InChI=1S/C23H28/c1-6-8-9-22(18(4)7-2)23-16-21(15-12-19(23)5)20-13-10-17(3)11-14-20/h7-10,12-17H,2,6,11H2,1,3-5H3/b9-8-,22-18+. The van der Waals surface area contributed by atoms with E-state index < -0.39 is 0 Å². The van der Waals surface area contributed by atoms with Crippen molar-refractivity contribution in [3.05, 3.63) is 83.5 Å². The molecule has 0 saturated carbocycles. The first kappa shape index (κ1) is 17.3. The fourth-order valence-electron chi connectivity index (χ4n) is 2.81. The summed E-state index contributed by atoms with van der Waals surface area (Å²) in [6.45, 7) is 12.7. The highest BCUT2D eigenvalue weighted by atomic mass is 14.1. The number of aryl methyl sites for hydroxylation is 1. The molecule has 1 aromatic rings. The average molecular weight is 304 g/mol. The van der Waals surface area contributed by atoms with Crippen LogP contribution in [0, 0.1) is 12.8 Å². The quantitative estimate of drug-likeness (QED) is 0.519. The van der Waals surface area contributed by atoms with Gasteiger partial charge in [-0.2, -0.15) is 0 Å². The molecule has 0 saturated heterocycles. The van der Waals surface area contributed by atoms with Gasteiger partial charge in [0.05, 0.1) is 0 Å². The van der Waals surface area contributed by atoms with Gasteiger partial charge >= 0.3 is 0 Å². The van der Waals surface area contributed by atoms with Crippen LogP contribution < -0.4 is 0 Å². The lowest BCUT2D eigenvalue weighted by molar-refractivity contribution is 0.739. The van der Waals surface area contributed by atoms with Crippen molar-refractivity contribution >= 4 is 11.1 Å². The van der Waals surface area contributed by atoms with E-state index in [1.165, 1.54) is 33.4 Å². The second kappa shape index (κ2) is 7.97. The highest BCUT2D eigenvalue weighted by Gasteiger charge is 2.10. The fourth-order valence-corrected chi connectivity index (χ4v) is 2.81. The van der Waals surface area contributed by atoms with Crippen LogP contribution in [0.25, 0.3) is 11.1 Å². The van der Waals surface area contributed by atoms with E-state index in [9.17, 15) is 0 Å². The Balaban J connectivity index is 2.50. The second-order valence-corrected chi connectivity index (χ2v) is 6.37. The van der Waals surface area contributed by atoms with Gasteiger partial charge in [0, 0.05) is 0 Å². The molecular formula is C23H28. The van der Waals surface area contributed by atoms with E-state index in [1.807, 2.05) is 6.08 Å². The van der Waals surface area contributed by atoms with Gasteiger partial charge in [-0.3, -0.25) is 0 Å². The van der Waals surface area contributed by atoms with Crippen LogP contribution in [0.5, 0.6) is 0 Å². The highest BCUT2D eigenvalue weighted by Crippen LogP contribution is 2.30. The van der Waals surface area contributed by atoms with Crippen LogP contribution in [0.3, 0.4) is 0 Å². The van der Waals surface area contributed by atoms with Crippen molar-refractivity contribution in [1.29, 1.82) is 0 Å². The zero-order chi connectivity index (χ0) is 16.8. The molecule has 0 aromatic heterocycles. The second-order valence-electron chi connectivity index (χ2n) is 6.37. The molecule has 0 bridgehead atoms. The van der Waals surface area contributed by atoms with Crippen LogP contribution in [-0.4, -0.2) is 0 Å². The van der Waals surface area contributed by atoms with Gasteiger partial charge in [-0.25, -0.2) is 0 Å². The minimum absolute atomic E-state index is 0.648. The van der Waals surface area contributed by atoms with Crippen LogP contribution in [0.15, 0.2) is 66.8 Å². The maximum absolute atomic E-state index is 3.95. The molecule has 1 aliphatic carbocycles. The Morgan fingerprint density at radius 3 is 2.74 bits per heavy atom. The molecule has 0 amide bonds. The van der Waals surface area contributed by atoms with E-state index in [0.717, 1.165) is 12.8 Å². The Kier molecular flexibility index (Phi) is 5.98. The average Bonchev–Trinajstić information content (AvgIpc) is 2.57. The monoisotopic (exact) mass is 304 g/mol. The van der Waals surface area contributed by atoms with E-state index in [2.05, 4.69) is 82.9 Å². The van der Waals surface area contributed by atoms with E-state index >= 15 is 0 Å². The molecule has 0 fully saturated rings. The summed E-state index contributed by atoms with van der Waals surface area (Å²) < 4.78 is 0. The predicted molar refractivity (Wildman–Crippen MR) is 104 cm³/mol. The lowest BCUT2D eigenvalue weighted by Gasteiger charge is -2.15. The zero-order valence-electron chi connectivity index (χ0n) is 14.9. The smallest absolute Gasteiger partial charge is 0.0146 e. The van der Waals surface area contributed by atoms with Crippen molar-refractivity contribution in [2.24, 2.45) is 5.92 Å². The third-order valence-electron chi connectivity index (χ3n) is 4.43. The molecule has 2 rings (SSSR count). The molecule has 0 spiro atoms. The molecule has 0 heteroatoms. The van der Waals surface area contributed by atoms with Gasteiger partial charge in [-0.15, -0.1) is 0 Å². The van der Waals surface area contributed by atoms with E-state index in [4.69, 9.17) is 0 Å². The molecule has 1 aromatic carbocycles. The highest BCUT2D eigenvalue weighted by molar-refractivity contribution is 5.83. The first-order chi connectivity index (χ1) is 11.1. The maximum Gasteiger partial charge on any atom is -0.0146 e. The van der Waals surface area contributed by atoms with Crippen molar-refractivity contribution in [3.8, 4) is 0 Å². The third kappa shape index (κ3) is 4.22. The van der Waals surface area contributed by atoms with Crippen molar-refractivity contribution in [3.63, 3.8) is 0 Å². The topological polar surface area (TPSA) is 0 Å². The molecule has 1 atom stereocenters. The Labute approximate surface area is 141 Å². The molecule has 120 valence electrons. The van der Waals surface area contributed by atoms with Gasteiger partial charge in [0.25, 0.3) is 0 Å². The van der Waals surface area contributed by atoms with Crippen LogP contribution in [0.2, 0.25) is 0 Å². The minimum Gasteiger partial charge on any atom is -0.0988 e.